The van der Waals surface area contributed by atoms with Crippen molar-refractivity contribution >= 4 is 63.5 Å². The number of benzene rings is 2. The zero-order valence-corrected chi connectivity index (χ0v) is 20.0. The number of halogens is 2. The summed E-state index contributed by atoms with van der Waals surface area (Å²) in [4.78, 5) is 24.4. The number of hydrogen-bond donors (Lipinski definition) is 1. The SMILES string of the molecule is CCOc1cc(/C=C2\C(=O)N(c3ccc(Cl)c(C(=O)O)c3)N=C2C)cc(I)c1OCC. The van der Waals surface area contributed by atoms with Crippen LogP contribution >= 0.6 is 34.2 Å². The van der Waals surface area contributed by atoms with E-state index in [0.717, 1.165) is 9.13 Å². The number of carboxylic acids is 1. The van der Waals surface area contributed by atoms with Gasteiger partial charge in [0.05, 0.1) is 44.3 Å². The van der Waals surface area contributed by atoms with Crippen molar-refractivity contribution in [3.8, 4) is 11.5 Å². The third-order valence-electron chi connectivity index (χ3n) is 4.42. The highest BCUT2D eigenvalue weighted by atomic mass is 127. The van der Waals surface area contributed by atoms with Gasteiger partial charge in [0.25, 0.3) is 5.91 Å². The molecule has 1 heterocycles. The molecule has 31 heavy (non-hydrogen) atoms. The molecule has 1 aliphatic heterocycles. The van der Waals surface area contributed by atoms with Gasteiger partial charge in [-0.3, -0.25) is 4.79 Å². The van der Waals surface area contributed by atoms with Crippen molar-refractivity contribution in [2.75, 3.05) is 18.2 Å². The van der Waals surface area contributed by atoms with Crippen molar-refractivity contribution < 1.29 is 24.2 Å². The van der Waals surface area contributed by atoms with E-state index in [1.165, 1.54) is 17.1 Å². The number of carbonyl (C=O) groups is 2. The molecule has 0 saturated carbocycles. The van der Waals surface area contributed by atoms with E-state index in [1.54, 1.807) is 19.1 Å². The summed E-state index contributed by atoms with van der Waals surface area (Å²) in [7, 11) is 0. The summed E-state index contributed by atoms with van der Waals surface area (Å²) in [6.45, 7) is 6.50. The van der Waals surface area contributed by atoms with E-state index in [4.69, 9.17) is 21.1 Å². The number of carboxylic acid groups (broad SMARTS) is 1. The lowest BCUT2D eigenvalue weighted by molar-refractivity contribution is -0.114. The van der Waals surface area contributed by atoms with Crippen LogP contribution in [0.3, 0.4) is 0 Å². The fourth-order valence-corrected chi connectivity index (χ4v) is 4.03. The summed E-state index contributed by atoms with van der Waals surface area (Å²) in [6, 6.07) is 8.03. The molecule has 7 nitrogen and oxygen atoms in total. The third kappa shape index (κ3) is 4.85. The Balaban J connectivity index is 1.98. The van der Waals surface area contributed by atoms with Crippen LogP contribution in [0.2, 0.25) is 5.02 Å². The molecule has 0 bridgehead atoms. The summed E-state index contributed by atoms with van der Waals surface area (Å²) in [5.41, 5.74) is 1.90. The predicted octanol–water partition coefficient (Wildman–Crippen LogP) is 5.25. The highest BCUT2D eigenvalue weighted by Gasteiger charge is 2.29. The first-order valence-corrected chi connectivity index (χ1v) is 11.0. The van der Waals surface area contributed by atoms with Crippen molar-refractivity contribution in [1.82, 2.24) is 0 Å². The van der Waals surface area contributed by atoms with Crippen LogP contribution in [-0.4, -0.2) is 35.9 Å². The Hall–Kier alpha value is -2.59. The van der Waals surface area contributed by atoms with Gasteiger partial charge in [-0.05, 0) is 85.3 Å². The van der Waals surface area contributed by atoms with E-state index in [9.17, 15) is 14.7 Å². The maximum atomic E-state index is 13.1. The number of rotatable bonds is 7. The second kappa shape index (κ2) is 9.69. The highest BCUT2D eigenvalue weighted by Crippen LogP contribution is 2.36. The maximum Gasteiger partial charge on any atom is 0.337 e. The molecule has 0 fully saturated rings. The molecule has 1 aliphatic rings. The summed E-state index contributed by atoms with van der Waals surface area (Å²) in [5, 5.41) is 14.9. The van der Waals surface area contributed by atoms with Gasteiger partial charge in [-0.15, -0.1) is 0 Å². The Morgan fingerprint density at radius 3 is 2.58 bits per heavy atom. The molecule has 0 spiro atoms. The fraction of sp³-hybridized carbons (Fsp3) is 0.227. The molecular formula is C22H20ClIN2O5. The molecule has 1 N–H and O–H groups in total. The van der Waals surface area contributed by atoms with Crippen molar-refractivity contribution in [3.63, 3.8) is 0 Å². The van der Waals surface area contributed by atoms with E-state index in [-0.39, 0.29) is 16.5 Å². The molecule has 2 aromatic carbocycles. The Labute approximate surface area is 198 Å². The van der Waals surface area contributed by atoms with Crippen LogP contribution in [0.25, 0.3) is 6.08 Å². The van der Waals surface area contributed by atoms with Gasteiger partial charge in [0.15, 0.2) is 11.5 Å². The molecule has 0 aromatic heterocycles. The molecule has 9 heteroatoms. The van der Waals surface area contributed by atoms with Gasteiger partial charge in [-0.2, -0.15) is 10.1 Å². The Bertz CT molecular complexity index is 1110. The molecule has 3 rings (SSSR count). The van der Waals surface area contributed by atoms with Gasteiger partial charge in [0.2, 0.25) is 0 Å². The van der Waals surface area contributed by atoms with Crippen LogP contribution in [0.1, 0.15) is 36.7 Å². The number of ether oxygens (including phenoxy) is 2. The number of hydrazone groups is 1. The van der Waals surface area contributed by atoms with Crippen molar-refractivity contribution in [3.05, 3.63) is 55.6 Å². The van der Waals surface area contributed by atoms with E-state index in [0.29, 0.717) is 41.7 Å². The molecule has 0 unspecified atom stereocenters. The second-order valence-electron chi connectivity index (χ2n) is 6.53. The van der Waals surface area contributed by atoms with Crippen LogP contribution in [0, 0.1) is 3.57 Å². The average molecular weight is 555 g/mol. The van der Waals surface area contributed by atoms with Crippen molar-refractivity contribution in [2.45, 2.75) is 20.8 Å². The Morgan fingerprint density at radius 1 is 1.23 bits per heavy atom. The zero-order chi connectivity index (χ0) is 22.7. The van der Waals surface area contributed by atoms with Gasteiger partial charge in [-0.25, -0.2) is 4.79 Å². The van der Waals surface area contributed by atoms with Gasteiger partial charge in [0, 0.05) is 0 Å². The van der Waals surface area contributed by atoms with Crippen LogP contribution < -0.4 is 14.5 Å². The average Bonchev–Trinajstić information content (AvgIpc) is 2.99. The lowest BCUT2D eigenvalue weighted by Crippen LogP contribution is -2.21. The third-order valence-corrected chi connectivity index (χ3v) is 5.55. The summed E-state index contributed by atoms with van der Waals surface area (Å²) >= 11 is 8.11. The topological polar surface area (TPSA) is 88.4 Å². The van der Waals surface area contributed by atoms with E-state index < -0.39 is 5.97 Å². The van der Waals surface area contributed by atoms with Crippen molar-refractivity contribution in [2.24, 2.45) is 5.10 Å². The van der Waals surface area contributed by atoms with Crippen LogP contribution in [-0.2, 0) is 4.79 Å². The molecule has 162 valence electrons. The van der Waals surface area contributed by atoms with E-state index in [2.05, 4.69) is 27.7 Å². The van der Waals surface area contributed by atoms with Crippen LogP contribution in [0.5, 0.6) is 11.5 Å². The first kappa shape index (κ1) is 23.1. The Kier molecular flexibility index (Phi) is 7.22. The first-order valence-electron chi connectivity index (χ1n) is 9.50. The number of carbonyl (C=O) groups excluding carboxylic acids is 1. The second-order valence-corrected chi connectivity index (χ2v) is 8.10. The number of hydrogen-bond acceptors (Lipinski definition) is 5. The normalized spacial score (nSPS) is 14.7. The largest absolute Gasteiger partial charge is 0.490 e. The molecule has 0 aliphatic carbocycles. The fourth-order valence-electron chi connectivity index (χ4n) is 3.05. The standard InChI is InChI=1S/C22H20ClIN2O5/c1-4-30-19-10-13(9-18(24)20(19)31-5-2)8-15-12(3)25-26(21(15)27)14-6-7-17(23)16(11-14)22(28)29/h6-11H,4-5H2,1-3H3,(H,28,29)/b15-8-. The van der Waals surface area contributed by atoms with Crippen LogP contribution in [0.4, 0.5) is 5.69 Å². The Morgan fingerprint density at radius 2 is 1.94 bits per heavy atom. The van der Waals surface area contributed by atoms with Gasteiger partial charge >= 0.3 is 5.97 Å². The number of anilines is 1. The summed E-state index contributed by atoms with van der Waals surface area (Å²) < 4.78 is 12.3. The minimum atomic E-state index is -1.18. The van der Waals surface area contributed by atoms with Crippen LogP contribution in [0.15, 0.2) is 41.0 Å². The van der Waals surface area contributed by atoms with Gasteiger partial charge < -0.3 is 14.6 Å². The molecule has 0 atom stereocenters. The molecule has 2 aromatic rings. The molecule has 1 amide bonds. The summed E-state index contributed by atoms with van der Waals surface area (Å²) in [6.07, 6.45) is 1.73. The smallest absolute Gasteiger partial charge is 0.337 e. The van der Waals surface area contributed by atoms with E-state index in [1.807, 2.05) is 26.0 Å². The molecule has 0 saturated heterocycles. The zero-order valence-electron chi connectivity index (χ0n) is 17.1. The van der Waals surface area contributed by atoms with Gasteiger partial charge in [0.1, 0.15) is 0 Å². The first-order chi connectivity index (χ1) is 14.8. The molecule has 0 radical (unpaired) electrons. The maximum absolute atomic E-state index is 13.1. The summed E-state index contributed by atoms with van der Waals surface area (Å²) in [5.74, 6) is -0.275. The number of amides is 1. The molecular weight excluding hydrogens is 535 g/mol. The quantitative estimate of drug-likeness (QED) is 0.373. The minimum Gasteiger partial charge on any atom is -0.490 e. The monoisotopic (exact) mass is 554 g/mol. The lowest BCUT2D eigenvalue weighted by atomic mass is 10.1. The minimum absolute atomic E-state index is 0.0896. The van der Waals surface area contributed by atoms with Crippen molar-refractivity contribution in [1.29, 1.82) is 0 Å². The lowest BCUT2D eigenvalue weighted by Gasteiger charge is -2.14. The predicted molar refractivity (Wildman–Crippen MR) is 128 cm³/mol. The number of aromatic carboxylic acids is 1. The number of nitrogens with zero attached hydrogens (tertiary/aromatic N) is 2. The van der Waals surface area contributed by atoms with Gasteiger partial charge in [-0.1, -0.05) is 11.6 Å². The van der Waals surface area contributed by atoms with E-state index >= 15 is 0 Å². The highest BCUT2D eigenvalue weighted by molar-refractivity contribution is 14.1.